The number of nitro groups is 1. The summed E-state index contributed by atoms with van der Waals surface area (Å²) in [5.41, 5.74) is 1.18. The topological polar surface area (TPSA) is 92.5 Å². The van der Waals surface area contributed by atoms with Crippen LogP contribution >= 0.6 is 0 Å². The summed E-state index contributed by atoms with van der Waals surface area (Å²) in [6.45, 7) is 1.63. The Balaban J connectivity index is 2.21. The minimum atomic E-state index is -0.494. The molecule has 0 unspecified atom stereocenters. The number of carbonyl (C=O) groups is 1. The van der Waals surface area contributed by atoms with E-state index in [0.717, 1.165) is 0 Å². The first-order valence-corrected chi connectivity index (χ1v) is 5.83. The van der Waals surface area contributed by atoms with Crippen molar-refractivity contribution in [1.29, 1.82) is 0 Å². The number of rotatable bonds is 3. The molecule has 102 valence electrons. The second kappa shape index (κ2) is 5.40. The number of nitrogens with zero attached hydrogens (tertiary/aromatic N) is 1. The summed E-state index contributed by atoms with van der Waals surface area (Å²) < 4.78 is 0. The third-order valence-electron chi connectivity index (χ3n) is 2.79. The number of carbonyl (C=O) groups excluding carboxylic acids is 1. The molecule has 0 radical (unpaired) electrons. The van der Waals surface area contributed by atoms with E-state index in [2.05, 4.69) is 5.32 Å². The molecule has 2 N–H and O–H groups in total. The fourth-order valence-corrected chi connectivity index (χ4v) is 1.70. The molecule has 0 aliphatic carbocycles. The molecule has 0 aliphatic rings. The molecule has 0 saturated carbocycles. The van der Waals surface area contributed by atoms with Gasteiger partial charge in [0.1, 0.15) is 5.75 Å². The number of anilines is 1. The number of benzene rings is 2. The molecule has 2 aromatic rings. The van der Waals surface area contributed by atoms with E-state index in [0.29, 0.717) is 16.8 Å². The highest BCUT2D eigenvalue weighted by Crippen LogP contribution is 2.22. The Morgan fingerprint density at radius 2 is 1.85 bits per heavy atom. The third-order valence-corrected chi connectivity index (χ3v) is 2.79. The van der Waals surface area contributed by atoms with E-state index in [1.807, 2.05) is 0 Å². The van der Waals surface area contributed by atoms with Gasteiger partial charge in [0.05, 0.1) is 4.92 Å². The molecule has 0 aromatic heterocycles. The van der Waals surface area contributed by atoms with Gasteiger partial charge in [-0.15, -0.1) is 0 Å². The summed E-state index contributed by atoms with van der Waals surface area (Å²) in [5, 5.41) is 22.6. The lowest BCUT2D eigenvalue weighted by Gasteiger charge is -2.06. The van der Waals surface area contributed by atoms with Crippen molar-refractivity contribution >= 4 is 17.3 Å². The number of phenols is 1. The van der Waals surface area contributed by atoms with Crippen LogP contribution in [0.2, 0.25) is 0 Å². The van der Waals surface area contributed by atoms with Crippen LogP contribution in [0.3, 0.4) is 0 Å². The highest BCUT2D eigenvalue weighted by atomic mass is 16.6. The molecule has 0 bridgehead atoms. The van der Waals surface area contributed by atoms with Crippen molar-refractivity contribution in [3.63, 3.8) is 0 Å². The van der Waals surface area contributed by atoms with E-state index in [4.69, 9.17) is 5.11 Å². The lowest BCUT2D eigenvalue weighted by molar-refractivity contribution is -0.385. The normalized spacial score (nSPS) is 10.1. The van der Waals surface area contributed by atoms with Crippen LogP contribution in [0, 0.1) is 17.0 Å². The van der Waals surface area contributed by atoms with E-state index in [9.17, 15) is 14.9 Å². The van der Waals surface area contributed by atoms with Gasteiger partial charge in [0, 0.05) is 22.9 Å². The van der Waals surface area contributed by atoms with Gasteiger partial charge >= 0.3 is 0 Å². The Labute approximate surface area is 114 Å². The maximum Gasteiger partial charge on any atom is 0.274 e. The van der Waals surface area contributed by atoms with Crippen molar-refractivity contribution in [1.82, 2.24) is 0 Å². The Hall–Kier alpha value is -2.89. The standard InChI is InChI=1S/C14H12N2O4/c1-9-2-5-11(8-13(9)16(19)20)15-14(18)10-3-6-12(17)7-4-10/h2-8,17H,1H3,(H,15,18). The lowest BCUT2D eigenvalue weighted by atomic mass is 10.1. The molecule has 0 atom stereocenters. The monoisotopic (exact) mass is 272 g/mol. The fourth-order valence-electron chi connectivity index (χ4n) is 1.70. The molecule has 2 aromatic carbocycles. The Morgan fingerprint density at radius 3 is 2.45 bits per heavy atom. The van der Waals surface area contributed by atoms with Gasteiger partial charge < -0.3 is 10.4 Å². The van der Waals surface area contributed by atoms with Crippen molar-refractivity contribution in [3.05, 3.63) is 63.7 Å². The molecular weight excluding hydrogens is 260 g/mol. The average Bonchev–Trinajstić information content (AvgIpc) is 2.41. The molecule has 0 aliphatic heterocycles. The Kier molecular flexibility index (Phi) is 3.65. The highest BCUT2D eigenvalue weighted by Gasteiger charge is 2.13. The second-order valence-corrected chi connectivity index (χ2v) is 4.26. The van der Waals surface area contributed by atoms with Crippen LogP contribution < -0.4 is 5.32 Å². The molecule has 6 nitrogen and oxygen atoms in total. The fraction of sp³-hybridized carbons (Fsp3) is 0.0714. The summed E-state index contributed by atoms with van der Waals surface area (Å²) >= 11 is 0. The predicted molar refractivity (Wildman–Crippen MR) is 73.9 cm³/mol. The summed E-state index contributed by atoms with van der Waals surface area (Å²) in [7, 11) is 0. The summed E-state index contributed by atoms with van der Waals surface area (Å²) in [6, 6.07) is 10.2. The van der Waals surface area contributed by atoms with Crippen molar-refractivity contribution in [2.24, 2.45) is 0 Å². The number of nitro benzene ring substituents is 1. The molecule has 20 heavy (non-hydrogen) atoms. The van der Waals surface area contributed by atoms with Gasteiger partial charge in [0.15, 0.2) is 0 Å². The van der Waals surface area contributed by atoms with Gasteiger partial charge in [0.25, 0.3) is 11.6 Å². The maximum absolute atomic E-state index is 11.9. The van der Waals surface area contributed by atoms with Gasteiger partial charge in [-0.3, -0.25) is 14.9 Å². The second-order valence-electron chi connectivity index (χ2n) is 4.26. The Bertz CT molecular complexity index is 665. The summed E-state index contributed by atoms with van der Waals surface area (Å²) in [6.07, 6.45) is 0. The van der Waals surface area contributed by atoms with Gasteiger partial charge in [-0.05, 0) is 37.3 Å². The summed E-state index contributed by atoms with van der Waals surface area (Å²) in [4.78, 5) is 22.3. The van der Waals surface area contributed by atoms with Crippen molar-refractivity contribution in [2.75, 3.05) is 5.32 Å². The number of amides is 1. The van der Waals surface area contributed by atoms with E-state index >= 15 is 0 Å². The number of hydrogen-bond acceptors (Lipinski definition) is 4. The molecule has 0 heterocycles. The van der Waals surface area contributed by atoms with Crippen LogP contribution in [0.1, 0.15) is 15.9 Å². The molecule has 0 saturated heterocycles. The summed E-state index contributed by atoms with van der Waals surface area (Å²) in [5.74, 6) is -0.337. The zero-order valence-electron chi connectivity index (χ0n) is 10.7. The molecule has 6 heteroatoms. The minimum Gasteiger partial charge on any atom is -0.508 e. The van der Waals surface area contributed by atoms with Crippen molar-refractivity contribution < 1.29 is 14.8 Å². The van der Waals surface area contributed by atoms with Crippen LogP contribution in [-0.4, -0.2) is 15.9 Å². The first-order chi connectivity index (χ1) is 9.47. The van der Waals surface area contributed by atoms with Crippen LogP contribution in [0.15, 0.2) is 42.5 Å². The smallest absolute Gasteiger partial charge is 0.274 e. The van der Waals surface area contributed by atoms with Gasteiger partial charge in [0.2, 0.25) is 0 Å². The maximum atomic E-state index is 11.9. The lowest BCUT2D eigenvalue weighted by Crippen LogP contribution is -2.11. The predicted octanol–water partition coefficient (Wildman–Crippen LogP) is 2.86. The minimum absolute atomic E-state index is 0.0477. The van der Waals surface area contributed by atoms with Gasteiger partial charge in [-0.2, -0.15) is 0 Å². The van der Waals surface area contributed by atoms with Crippen LogP contribution in [-0.2, 0) is 0 Å². The molecule has 2 rings (SSSR count). The Morgan fingerprint density at radius 1 is 1.20 bits per heavy atom. The van der Waals surface area contributed by atoms with Crippen molar-refractivity contribution in [2.45, 2.75) is 6.92 Å². The number of aromatic hydroxyl groups is 1. The van der Waals surface area contributed by atoms with Gasteiger partial charge in [-0.1, -0.05) is 6.07 Å². The molecule has 0 spiro atoms. The SMILES string of the molecule is Cc1ccc(NC(=O)c2ccc(O)cc2)cc1[N+](=O)[O-]. The number of hydrogen-bond donors (Lipinski definition) is 2. The van der Waals surface area contributed by atoms with E-state index in [1.54, 1.807) is 19.1 Å². The zero-order valence-corrected chi connectivity index (χ0v) is 10.7. The first-order valence-electron chi connectivity index (χ1n) is 5.83. The quantitative estimate of drug-likeness (QED) is 0.663. The zero-order chi connectivity index (χ0) is 14.7. The van der Waals surface area contributed by atoms with Crippen molar-refractivity contribution in [3.8, 4) is 5.75 Å². The first kappa shape index (κ1) is 13.5. The number of phenolic OH excluding ortho intramolecular Hbond substituents is 1. The average molecular weight is 272 g/mol. The molecular formula is C14H12N2O4. The van der Waals surface area contributed by atoms with E-state index in [1.165, 1.54) is 30.3 Å². The highest BCUT2D eigenvalue weighted by molar-refractivity contribution is 6.04. The van der Waals surface area contributed by atoms with Crippen LogP contribution in [0.4, 0.5) is 11.4 Å². The third kappa shape index (κ3) is 2.92. The van der Waals surface area contributed by atoms with E-state index < -0.39 is 10.8 Å². The largest absolute Gasteiger partial charge is 0.508 e. The van der Waals surface area contributed by atoms with E-state index in [-0.39, 0.29) is 11.4 Å². The number of nitrogens with one attached hydrogen (secondary N) is 1. The number of aryl methyl sites for hydroxylation is 1. The van der Waals surface area contributed by atoms with Crippen LogP contribution in [0.25, 0.3) is 0 Å². The van der Waals surface area contributed by atoms with Gasteiger partial charge in [-0.25, -0.2) is 0 Å². The molecule has 1 amide bonds. The van der Waals surface area contributed by atoms with Crippen LogP contribution in [0.5, 0.6) is 5.75 Å². The molecule has 0 fully saturated rings.